The van der Waals surface area contributed by atoms with E-state index in [4.69, 9.17) is 27.3 Å². The minimum atomic E-state index is -4.03. The maximum Gasteiger partial charge on any atom is 0.262 e. The Labute approximate surface area is 188 Å². The second kappa shape index (κ2) is 8.93. The molecule has 2 aromatic carbocycles. The van der Waals surface area contributed by atoms with Crippen LogP contribution in [0, 0.1) is 6.92 Å². The number of aryl methyl sites for hydroxylation is 1. The normalized spacial score (nSPS) is 21.0. The molecule has 1 heterocycles. The lowest BCUT2D eigenvalue weighted by atomic mass is 10.0. The van der Waals surface area contributed by atoms with E-state index in [9.17, 15) is 13.5 Å². The number of halogens is 3. The second-order valence-corrected chi connectivity index (χ2v) is 10.00. The minimum absolute atomic E-state index is 0. The van der Waals surface area contributed by atoms with E-state index in [1.807, 2.05) is 38.1 Å². The zero-order valence-corrected chi connectivity index (χ0v) is 20.0. The number of benzene rings is 2. The van der Waals surface area contributed by atoms with Gasteiger partial charge in [0.15, 0.2) is 10.9 Å². The lowest BCUT2D eigenvalue weighted by molar-refractivity contribution is -0.0453. The van der Waals surface area contributed by atoms with Crippen LogP contribution in [0.15, 0.2) is 52.4 Å². The van der Waals surface area contributed by atoms with Crippen LogP contribution in [0.3, 0.4) is 0 Å². The van der Waals surface area contributed by atoms with Crippen molar-refractivity contribution in [3.05, 3.63) is 58.6 Å². The van der Waals surface area contributed by atoms with Gasteiger partial charge in [0.1, 0.15) is 4.90 Å². The Balaban J connectivity index is 0.00000280. The quantitative estimate of drug-likeness (QED) is 0.565. The van der Waals surface area contributed by atoms with Gasteiger partial charge in [0.25, 0.3) is 9.05 Å². The Morgan fingerprint density at radius 1 is 1.29 bits per heavy atom. The number of hydrogen-bond acceptors (Lipinski definition) is 5. The Bertz CT molecular complexity index is 1020. The topological polar surface area (TPSA) is 70.0 Å². The van der Waals surface area contributed by atoms with Gasteiger partial charge in [0, 0.05) is 22.8 Å². The maximum atomic E-state index is 11.8. The molecule has 0 bridgehead atoms. The lowest BCUT2D eigenvalue weighted by Gasteiger charge is -2.34. The van der Waals surface area contributed by atoms with Crippen molar-refractivity contribution in [3.8, 4) is 0 Å². The number of nitrogens with zero attached hydrogens (tertiary/aromatic N) is 2. The van der Waals surface area contributed by atoms with Crippen LogP contribution in [0.2, 0.25) is 5.02 Å². The van der Waals surface area contributed by atoms with E-state index in [0.29, 0.717) is 23.0 Å². The van der Waals surface area contributed by atoms with E-state index in [-0.39, 0.29) is 26.9 Å². The molecule has 1 atom stereocenters. The van der Waals surface area contributed by atoms with Crippen LogP contribution in [0.4, 0.5) is 5.69 Å². The summed E-state index contributed by atoms with van der Waals surface area (Å²) in [4.78, 5) is 6.22. The summed E-state index contributed by atoms with van der Waals surface area (Å²) in [6, 6.07) is 12.1. The molecule has 0 saturated carbocycles. The standard InChI is InChI=1S/C18H18Cl2N2O3S2.BrH/c1-3-22-17(21-15-7-5-4-6-12(15)2)26-11-18(22,23)13-8-9-14(19)16(10-13)27(20,24)25;/h4-10,23H,3,11H2,1-2H3;1H. The molecule has 1 saturated heterocycles. The number of aliphatic imine (C=N–C) groups is 1. The Morgan fingerprint density at radius 3 is 2.57 bits per heavy atom. The molecule has 0 radical (unpaired) electrons. The molecule has 1 aliphatic heterocycles. The maximum absolute atomic E-state index is 11.8. The van der Waals surface area contributed by atoms with Crippen LogP contribution in [0.1, 0.15) is 18.1 Å². The third-order valence-corrected chi connectivity index (χ3v) is 7.30. The molecular weight excluding hydrogens is 507 g/mol. The molecule has 0 amide bonds. The van der Waals surface area contributed by atoms with Gasteiger partial charge in [-0.3, -0.25) is 0 Å². The number of amidine groups is 1. The van der Waals surface area contributed by atoms with Crippen LogP contribution >= 0.6 is 51.0 Å². The molecule has 3 rings (SSSR count). The third kappa shape index (κ3) is 4.52. The van der Waals surface area contributed by atoms with Gasteiger partial charge in [-0.1, -0.05) is 47.6 Å². The number of aliphatic hydroxyl groups is 1. The molecule has 1 N–H and O–H groups in total. The molecule has 0 aliphatic carbocycles. The summed E-state index contributed by atoms with van der Waals surface area (Å²) in [6.45, 7) is 4.36. The highest BCUT2D eigenvalue weighted by molar-refractivity contribution is 8.93. The molecule has 2 aromatic rings. The fourth-order valence-electron chi connectivity index (χ4n) is 2.94. The van der Waals surface area contributed by atoms with Gasteiger partial charge in [0.05, 0.1) is 16.5 Å². The second-order valence-electron chi connectivity index (χ2n) is 6.11. The van der Waals surface area contributed by atoms with Crippen molar-refractivity contribution in [2.24, 2.45) is 4.99 Å². The highest BCUT2D eigenvalue weighted by atomic mass is 79.9. The molecule has 152 valence electrons. The minimum Gasteiger partial charge on any atom is -0.366 e. The zero-order chi connectivity index (χ0) is 19.8. The summed E-state index contributed by atoms with van der Waals surface area (Å²) in [5.74, 6) is 0.301. The fourth-order valence-corrected chi connectivity index (χ4v) is 5.68. The van der Waals surface area contributed by atoms with E-state index in [2.05, 4.69) is 0 Å². The molecule has 1 fully saturated rings. The van der Waals surface area contributed by atoms with Crippen molar-refractivity contribution in [2.45, 2.75) is 24.5 Å². The van der Waals surface area contributed by atoms with Gasteiger partial charge < -0.3 is 10.0 Å². The smallest absolute Gasteiger partial charge is 0.262 e. The SMILES string of the molecule is Br.CCN1C(=Nc2ccccc2C)SCC1(O)c1ccc(Cl)c(S(=O)(=O)Cl)c1. The highest BCUT2D eigenvalue weighted by Gasteiger charge is 2.44. The molecule has 10 heteroatoms. The van der Waals surface area contributed by atoms with Gasteiger partial charge in [0.2, 0.25) is 0 Å². The summed E-state index contributed by atoms with van der Waals surface area (Å²) in [5, 5.41) is 12.0. The van der Waals surface area contributed by atoms with Crippen molar-refractivity contribution in [3.63, 3.8) is 0 Å². The van der Waals surface area contributed by atoms with Crippen LogP contribution < -0.4 is 0 Å². The van der Waals surface area contributed by atoms with Crippen molar-refractivity contribution < 1.29 is 13.5 Å². The van der Waals surface area contributed by atoms with Crippen LogP contribution in [0.25, 0.3) is 0 Å². The Kier molecular flexibility index (Phi) is 7.50. The number of rotatable bonds is 4. The predicted octanol–water partition coefficient (Wildman–Crippen LogP) is 5.06. The van der Waals surface area contributed by atoms with E-state index in [1.165, 1.54) is 23.9 Å². The van der Waals surface area contributed by atoms with Crippen molar-refractivity contribution in [1.82, 2.24) is 4.90 Å². The third-order valence-electron chi connectivity index (χ3n) is 4.38. The average molecular weight is 526 g/mol. The van der Waals surface area contributed by atoms with E-state index in [0.717, 1.165) is 11.3 Å². The van der Waals surface area contributed by atoms with E-state index < -0.39 is 14.8 Å². The predicted molar refractivity (Wildman–Crippen MR) is 122 cm³/mol. The summed E-state index contributed by atoms with van der Waals surface area (Å²) in [6.07, 6.45) is 0. The molecule has 0 aromatic heterocycles. The Morgan fingerprint density at radius 2 is 1.96 bits per heavy atom. The van der Waals surface area contributed by atoms with Gasteiger partial charge in [-0.2, -0.15) is 0 Å². The molecule has 1 aliphatic rings. The first kappa shape index (κ1) is 23.5. The van der Waals surface area contributed by atoms with Gasteiger partial charge >= 0.3 is 0 Å². The first-order valence-corrected chi connectivity index (χ1v) is 11.9. The highest BCUT2D eigenvalue weighted by Crippen LogP contribution is 2.41. The van der Waals surface area contributed by atoms with Crippen LogP contribution in [-0.2, 0) is 14.8 Å². The Hall–Kier alpha value is -0.770. The number of hydrogen-bond donors (Lipinski definition) is 1. The average Bonchev–Trinajstić information content (AvgIpc) is 2.93. The van der Waals surface area contributed by atoms with Crippen LogP contribution in [0.5, 0.6) is 0 Å². The summed E-state index contributed by atoms with van der Waals surface area (Å²) >= 11 is 7.38. The molecule has 1 unspecified atom stereocenters. The summed E-state index contributed by atoms with van der Waals surface area (Å²) < 4.78 is 23.6. The van der Waals surface area contributed by atoms with Gasteiger partial charge in [-0.25, -0.2) is 13.4 Å². The zero-order valence-electron chi connectivity index (χ0n) is 15.1. The van der Waals surface area contributed by atoms with E-state index >= 15 is 0 Å². The monoisotopic (exact) mass is 524 g/mol. The van der Waals surface area contributed by atoms with Crippen LogP contribution in [-0.4, -0.2) is 35.9 Å². The molecule has 0 spiro atoms. The largest absolute Gasteiger partial charge is 0.366 e. The van der Waals surface area contributed by atoms with Crippen molar-refractivity contribution in [1.29, 1.82) is 0 Å². The molecule has 5 nitrogen and oxygen atoms in total. The van der Waals surface area contributed by atoms with Crippen molar-refractivity contribution >= 4 is 70.9 Å². The molecule has 28 heavy (non-hydrogen) atoms. The first-order chi connectivity index (χ1) is 12.7. The van der Waals surface area contributed by atoms with E-state index in [1.54, 1.807) is 11.0 Å². The number of thioether (sulfide) groups is 1. The van der Waals surface area contributed by atoms with Gasteiger partial charge in [-0.15, -0.1) is 17.0 Å². The fraction of sp³-hybridized carbons (Fsp3) is 0.278. The summed E-state index contributed by atoms with van der Waals surface area (Å²) in [5.41, 5.74) is 0.833. The molecular formula is C18H19BrCl2N2O3S2. The summed E-state index contributed by atoms with van der Waals surface area (Å²) in [7, 11) is 1.44. The van der Waals surface area contributed by atoms with Gasteiger partial charge in [-0.05, 0) is 37.6 Å². The lowest BCUT2D eigenvalue weighted by Crippen LogP contribution is -2.44. The number of para-hydroxylation sites is 1. The van der Waals surface area contributed by atoms with Crippen molar-refractivity contribution in [2.75, 3.05) is 12.3 Å². The first-order valence-electron chi connectivity index (χ1n) is 8.18.